The fourth-order valence-electron chi connectivity index (χ4n) is 1.78. The molecule has 7 heteroatoms. The Morgan fingerprint density at radius 2 is 2.21 bits per heavy atom. The molecule has 0 fully saturated rings. The van der Waals surface area contributed by atoms with E-state index in [1.165, 1.54) is 0 Å². The van der Waals surface area contributed by atoms with Gasteiger partial charge in [-0.2, -0.15) is 5.26 Å². The molecule has 1 aromatic carbocycles. The van der Waals surface area contributed by atoms with Crippen LogP contribution >= 0.6 is 0 Å². The molecule has 98 valence electrons. The number of rotatable bonds is 5. The van der Waals surface area contributed by atoms with Gasteiger partial charge in [-0.1, -0.05) is 11.2 Å². The summed E-state index contributed by atoms with van der Waals surface area (Å²) in [6, 6.07) is 7.10. The molecular formula is C12H13N5O2. The first-order valence-electron chi connectivity index (χ1n) is 5.88. The molecule has 1 aliphatic heterocycles. The average Bonchev–Trinajstić information content (AvgIpc) is 2.47. The van der Waals surface area contributed by atoms with Gasteiger partial charge >= 0.3 is 0 Å². The number of nitriles is 1. The zero-order valence-corrected chi connectivity index (χ0v) is 10.2. The van der Waals surface area contributed by atoms with E-state index in [0.717, 1.165) is 5.56 Å². The van der Waals surface area contributed by atoms with Crippen LogP contribution in [0, 0.1) is 11.3 Å². The van der Waals surface area contributed by atoms with E-state index in [1.807, 2.05) is 6.07 Å². The third kappa shape index (κ3) is 3.28. The van der Waals surface area contributed by atoms with E-state index in [2.05, 4.69) is 21.4 Å². The highest BCUT2D eigenvalue weighted by molar-refractivity contribution is 5.45. The minimum atomic E-state index is -0.468. The van der Waals surface area contributed by atoms with Gasteiger partial charge in [0.1, 0.15) is 19.3 Å². The van der Waals surface area contributed by atoms with Gasteiger partial charge in [-0.25, -0.2) is 0 Å². The van der Waals surface area contributed by atoms with Crippen LogP contribution < -0.4 is 14.8 Å². The molecule has 0 amide bonds. The van der Waals surface area contributed by atoms with Crippen LogP contribution in [0.4, 0.5) is 0 Å². The highest BCUT2D eigenvalue weighted by atomic mass is 16.6. The quantitative estimate of drug-likeness (QED) is 0.377. The maximum absolute atomic E-state index is 9.15. The number of ether oxygens (including phenoxy) is 2. The molecule has 2 rings (SSSR count). The van der Waals surface area contributed by atoms with Crippen molar-refractivity contribution in [1.29, 1.82) is 5.26 Å². The molecule has 0 aliphatic carbocycles. The Hall–Kier alpha value is -2.42. The van der Waals surface area contributed by atoms with Crippen molar-refractivity contribution in [2.24, 2.45) is 5.11 Å². The number of benzene rings is 1. The number of azide groups is 1. The standard InChI is InChI=1S/C12H13N5O2/c13-8-10(15-3-4-16-17-14)9-1-2-11-12(7-9)19-6-5-18-11/h1-2,7,10,15H,3-6H2. The molecule has 1 atom stereocenters. The molecule has 0 saturated heterocycles. The predicted molar refractivity (Wildman–Crippen MR) is 67.8 cm³/mol. The normalized spacial score (nSPS) is 14.1. The molecule has 1 heterocycles. The molecule has 1 aromatic rings. The van der Waals surface area contributed by atoms with Gasteiger partial charge in [0.05, 0.1) is 6.07 Å². The van der Waals surface area contributed by atoms with Crippen LogP contribution in [0.2, 0.25) is 0 Å². The zero-order chi connectivity index (χ0) is 13.5. The highest BCUT2D eigenvalue weighted by Crippen LogP contribution is 2.32. The molecule has 0 spiro atoms. The molecule has 1 unspecified atom stereocenters. The van der Waals surface area contributed by atoms with Crippen molar-refractivity contribution < 1.29 is 9.47 Å². The van der Waals surface area contributed by atoms with E-state index in [4.69, 9.17) is 20.3 Å². The van der Waals surface area contributed by atoms with Gasteiger partial charge in [0.25, 0.3) is 0 Å². The van der Waals surface area contributed by atoms with Crippen LogP contribution in [-0.4, -0.2) is 26.3 Å². The molecule has 19 heavy (non-hydrogen) atoms. The van der Waals surface area contributed by atoms with Crippen LogP contribution in [0.15, 0.2) is 23.3 Å². The molecule has 0 radical (unpaired) electrons. The number of nitrogens with one attached hydrogen (secondary N) is 1. The summed E-state index contributed by atoms with van der Waals surface area (Å²) in [5, 5.41) is 15.6. The summed E-state index contributed by atoms with van der Waals surface area (Å²) in [7, 11) is 0. The summed E-state index contributed by atoms with van der Waals surface area (Å²) in [6.07, 6.45) is 0. The molecule has 0 aromatic heterocycles. The number of hydrogen-bond acceptors (Lipinski definition) is 5. The van der Waals surface area contributed by atoms with Crippen molar-refractivity contribution in [3.05, 3.63) is 34.2 Å². The van der Waals surface area contributed by atoms with Crippen molar-refractivity contribution in [2.45, 2.75) is 6.04 Å². The molecule has 1 aliphatic rings. The largest absolute Gasteiger partial charge is 0.486 e. The molecule has 0 saturated carbocycles. The second-order valence-electron chi connectivity index (χ2n) is 3.87. The van der Waals surface area contributed by atoms with Crippen molar-refractivity contribution in [3.63, 3.8) is 0 Å². The minimum absolute atomic E-state index is 0.305. The lowest BCUT2D eigenvalue weighted by Crippen LogP contribution is -2.23. The first kappa shape index (κ1) is 13.0. The Kier molecular flexibility index (Phi) is 4.45. The molecule has 0 bridgehead atoms. The van der Waals surface area contributed by atoms with Gasteiger partial charge in [0, 0.05) is 18.0 Å². The monoisotopic (exact) mass is 259 g/mol. The van der Waals surface area contributed by atoms with E-state index >= 15 is 0 Å². The van der Waals surface area contributed by atoms with Gasteiger partial charge in [-0.15, -0.1) is 0 Å². The summed E-state index contributed by atoms with van der Waals surface area (Å²) in [6.45, 7) is 1.80. The number of nitrogens with zero attached hydrogens (tertiary/aromatic N) is 4. The summed E-state index contributed by atoms with van der Waals surface area (Å²) in [4.78, 5) is 2.65. The number of fused-ring (bicyclic) bond motifs is 1. The average molecular weight is 259 g/mol. The fraction of sp³-hybridized carbons (Fsp3) is 0.417. The van der Waals surface area contributed by atoms with Crippen LogP contribution in [0.5, 0.6) is 11.5 Å². The van der Waals surface area contributed by atoms with E-state index < -0.39 is 6.04 Å². The molecular weight excluding hydrogens is 246 g/mol. The van der Waals surface area contributed by atoms with Crippen LogP contribution in [-0.2, 0) is 0 Å². The van der Waals surface area contributed by atoms with E-state index in [1.54, 1.807) is 12.1 Å². The third-order valence-corrected chi connectivity index (χ3v) is 2.65. The zero-order valence-electron chi connectivity index (χ0n) is 10.2. The lowest BCUT2D eigenvalue weighted by molar-refractivity contribution is 0.171. The first-order chi connectivity index (χ1) is 9.35. The van der Waals surface area contributed by atoms with E-state index in [9.17, 15) is 0 Å². The Balaban J connectivity index is 2.06. The van der Waals surface area contributed by atoms with Gasteiger partial charge in [-0.05, 0) is 23.2 Å². The third-order valence-electron chi connectivity index (χ3n) is 2.65. The SMILES string of the molecule is N#CC(NCCN=[N+]=[N-])c1ccc2c(c1)OCCO2. The van der Waals surface area contributed by atoms with Crippen molar-refractivity contribution in [1.82, 2.24) is 5.32 Å². The lowest BCUT2D eigenvalue weighted by Gasteiger charge is -2.20. The maximum Gasteiger partial charge on any atom is 0.161 e. The lowest BCUT2D eigenvalue weighted by atomic mass is 10.1. The summed E-state index contributed by atoms with van der Waals surface area (Å²) >= 11 is 0. The minimum Gasteiger partial charge on any atom is -0.486 e. The molecule has 1 N–H and O–H groups in total. The summed E-state index contributed by atoms with van der Waals surface area (Å²) in [5.74, 6) is 1.35. The number of hydrogen-bond donors (Lipinski definition) is 1. The Bertz CT molecular complexity index is 533. The molecule has 7 nitrogen and oxygen atoms in total. The van der Waals surface area contributed by atoms with Gasteiger partial charge in [0.15, 0.2) is 11.5 Å². The van der Waals surface area contributed by atoms with Crippen molar-refractivity contribution >= 4 is 0 Å². The van der Waals surface area contributed by atoms with E-state index in [0.29, 0.717) is 37.8 Å². The maximum atomic E-state index is 9.15. The second kappa shape index (κ2) is 6.50. The Morgan fingerprint density at radius 3 is 2.95 bits per heavy atom. The fourth-order valence-corrected chi connectivity index (χ4v) is 1.78. The summed E-state index contributed by atoms with van der Waals surface area (Å²) < 4.78 is 10.9. The second-order valence-corrected chi connectivity index (χ2v) is 3.87. The Labute approximate surface area is 110 Å². The first-order valence-corrected chi connectivity index (χ1v) is 5.88. The summed E-state index contributed by atoms with van der Waals surface area (Å²) in [5.41, 5.74) is 8.97. The predicted octanol–water partition coefficient (Wildman–Crippen LogP) is 1.92. The van der Waals surface area contributed by atoms with Gasteiger partial charge < -0.3 is 9.47 Å². The highest BCUT2D eigenvalue weighted by Gasteiger charge is 2.16. The Morgan fingerprint density at radius 1 is 1.42 bits per heavy atom. The topological polar surface area (TPSA) is 103 Å². The van der Waals surface area contributed by atoms with Crippen LogP contribution in [0.25, 0.3) is 10.4 Å². The van der Waals surface area contributed by atoms with Gasteiger partial charge in [-0.3, -0.25) is 5.32 Å². The smallest absolute Gasteiger partial charge is 0.161 e. The van der Waals surface area contributed by atoms with Crippen molar-refractivity contribution in [2.75, 3.05) is 26.3 Å². The van der Waals surface area contributed by atoms with Crippen LogP contribution in [0.3, 0.4) is 0 Å². The van der Waals surface area contributed by atoms with Crippen LogP contribution in [0.1, 0.15) is 11.6 Å². The van der Waals surface area contributed by atoms with Crippen molar-refractivity contribution in [3.8, 4) is 17.6 Å². The van der Waals surface area contributed by atoms with Gasteiger partial charge in [0.2, 0.25) is 0 Å². The van der Waals surface area contributed by atoms with E-state index in [-0.39, 0.29) is 0 Å².